The van der Waals surface area contributed by atoms with Crippen molar-refractivity contribution in [2.75, 3.05) is 13.3 Å². The highest BCUT2D eigenvalue weighted by atomic mass is 19.1. The summed E-state index contributed by atoms with van der Waals surface area (Å²) in [4.78, 5) is 0. The molecule has 0 fully saturated rings. The highest BCUT2D eigenvalue weighted by Crippen LogP contribution is 2.20. The highest BCUT2D eigenvalue weighted by Gasteiger charge is 2.08. The Morgan fingerprint density at radius 2 is 1.75 bits per heavy atom. The molecule has 0 spiro atoms. The Labute approximate surface area is 67.8 Å². The molecule has 0 saturated heterocycles. The van der Waals surface area contributed by atoms with Gasteiger partial charge in [0.25, 0.3) is 0 Å². The Hall–Kier alpha value is -1.19. The summed E-state index contributed by atoms with van der Waals surface area (Å²) in [6.45, 7) is -1.11. The van der Waals surface area contributed by atoms with Gasteiger partial charge in [-0.15, -0.1) is 0 Å². The van der Waals surface area contributed by atoms with Crippen molar-refractivity contribution in [2.45, 2.75) is 0 Å². The number of rotatable bonds is 3. The summed E-state index contributed by atoms with van der Waals surface area (Å²) >= 11 is 0. The van der Waals surface area contributed by atoms with Crippen LogP contribution in [0.4, 0.5) is 13.2 Å². The van der Waals surface area contributed by atoms with Crippen molar-refractivity contribution in [1.82, 2.24) is 0 Å². The van der Waals surface area contributed by atoms with Gasteiger partial charge in [-0.1, -0.05) is 6.07 Å². The second-order valence-electron chi connectivity index (χ2n) is 2.09. The van der Waals surface area contributed by atoms with Crippen LogP contribution in [0, 0.1) is 11.6 Å². The van der Waals surface area contributed by atoms with E-state index in [1.54, 1.807) is 0 Å². The summed E-state index contributed by atoms with van der Waals surface area (Å²) in [6, 6.07) is 3.32. The van der Waals surface area contributed by atoms with E-state index in [0.29, 0.717) is 0 Å². The molecule has 0 bridgehead atoms. The predicted molar refractivity (Wildman–Crippen MR) is 37.8 cm³/mol. The summed E-state index contributed by atoms with van der Waals surface area (Å²) in [6.07, 6.45) is 0. The normalized spacial score (nSPS) is 9.92. The third-order valence-corrected chi connectivity index (χ3v) is 1.24. The summed E-state index contributed by atoms with van der Waals surface area (Å²) in [5.74, 6) is -2.15. The first-order valence-corrected chi connectivity index (χ1v) is 3.38. The third-order valence-electron chi connectivity index (χ3n) is 1.24. The zero-order chi connectivity index (χ0) is 8.97. The number of alkyl halides is 1. The van der Waals surface area contributed by atoms with Crippen molar-refractivity contribution in [3.8, 4) is 5.75 Å². The molecule has 1 aromatic rings. The smallest absolute Gasteiger partial charge is 0.190 e. The Morgan fingerprint density at radius 1 is 1.17 bits per heavy atom. The van der Waals surface area contributed by atoms with Gasteiger partial charge in [-0.3, -0.25) is 0 Å². The van der Waals surface area contributed by atoms with E-state index in [1.165, 1.54) is 6.07 Å². The Bertz CT molecular complexity index is 242. The van der Waals surface area contributed by atoms with Crippen LogP contribution in [-0.2, 0) is 0 Å². The van der Waals surface area contributed by atoms with Crippen LogP contribution < -0.4 is 4.74 Å². The molecule has 0 amide bonds. The van der Waals surface area contributed by atoms with Gasteiger partial charge in [-0.2, -0.15) is 0 Å². The number of benzene rings is 1. The molecule has 4 heteroatoms. The minimum Gasteiger partial charge on any atom is -0.485 e. The van der Waals surface area contributed by atoms with Gasteiger partial charge in [-0.05, 0) is 12.1 Å². The van der Waals surface area contributed by atoms with Gasteiger partial charge in [0, 0.05) is 0 Å². The summed E-state index contributed by atoms with van der Waals surface area (Å²) in [5, 5.41) is 0. The lowest BCUT2D eigenvalue weighted by Gasteiger charge is -2.04. The molecule has 0 radical (unpaired) electrons. The summed E-state index contributed by atoms with van der Waals surface area (Å²) < 4.78 is 41.4. The standard InChI is InChI=1S/C8H7F3O/c9-4-5-12-8-6(10)2-1-3-7(8)11/h1-3H,4-5H2. The second-order valence-corrected chi connectivity index (χ2v) is 2.09. The van der Waals surface area contributed by atoms with E-state index in [4.69, 9.17) is 0 Å². The van der Waals surface area contributed by atoms with Crippen LogP contribution in [0.2, 0.25) is 0 Å². The molecule has 1 rings (SSSR count). The molecule has 12 heavy (non-hydrogen) atoms. The van der Waals surface area contributed by atoms with E-state index in [2.05, 4.69) is 4.74 Å². The zero-order valence-electron chi connectivity index (χ0n) is 6.19. The van der Waals surface area contributed by atoms with Gasteiger partial charge in [0.2, 0.25) is 0 Å². The Kier molecular flexibility index (Phi) is 2.96. The average molecular weight is 176 g/mol. The lowest BCUT2D eigenvalue weighted by Crippen LogP contribution is -2.02. The van der Waals surface area contributed by atoms with Crippen LogP contribution in [0.5, 0.6) is 5.75 Å². The van der Waals surface area contributed by atoms with Gasteiger partial charge in [-0.25, -0.2) is 13.2 Å². The van der Waals surface area contributed by atoms with E-state index < -0.39 is 24.1 Å². The van der Waals surface area contributed by atoms with Crippen LogP contribution >= 0.6 is 0 Å². The maximum Gasteiger partial charge on any atom is 0.190 e. The van der Waals surface area contributed by atoms with Crippen molar-refractivity contribution in [2.24, 2.45) is 0 Å². The fourth-order valence-corrected chi connectivity index (χ4v) is 0.761. The topological polar surface area (TPSA) is 9.23 Å². The van der Waals surface area contributed by atoms with Crippen molar-refractivity contribution in [3.05, 3.63) is 29.8 Å². The summed E-state index contributed by atoms with van der Waals surface area (Å²) in [5.41, 5.74) is 0. The molecular formula is C8H7F3O. The Balaban J connectivity index is 2.81. The molecule has 0 aliphatic rings. The van der Waals surface area contributed by atoms with E-state index in [1.807, 2.05) is 0 Å². The minimum absolute atomic E-state index is 0.335. The molecule has 1 nitrogen and oxygen atoms in total. The summed E-state index contributed by atoms with van der Waals surface area (Å²) in [7, 11) is 0. The number of para-hydroxylation sites is 1. The first-order valence-electron chi connectivity index (χ1n) is 3.38. The van der Waals surface area contributed by atoms with Crippen molar-refractivity contribution < 1.29 is 17.9 Å². The van der Waals surface area contributed by atoms with E-state index >= 15 is 0 Å². The molecule has 0 N–H and O–H groups in total. The molecule has 0 aliphatic carbocycles. The minimum atomic E-state index is -0.816. The maximum atomic E-state index is 12.7. The van der Waals surface area contributed by atoms with Crippen molar-refractivity contribution >= 4 is 0 Å². The molecule has 0 saturated carbocycles. The van der Waals surface area contributed by atoms with Crippen molar-refractivity contribution in [3.63, 3.8) is 0 Å². The number of hydrogen-bond donors (Lipinski definition) is 0. The zero-order valence-corrected chi connectivity index (χ0v) is 6.19. The molecule has 0 aliphatic heterocycles. The lowest BCUT2D eigenvalue weighted by atomic mass is 10.3. The van der Waals surface area contributed by atoms with Gasteiger partial charge < -0.3 is 4.74 Å². The lowest BCUT2D eigenvalue weighted by molar-refractivity contribution is 0.251. The SMILES string of the molecule is FCCOc1c(F)cccc1F. The Morgan fingerprint density at radius 3 is 2.25 bits per heavy atom. The molecule has 0 unspecified atom stereocenters. The first-order chi connectivity index (χ1) is 5.75. The van der Waals surface area contributed by atoms with Gasteiger partial charge in [0.15, 0.2) is 17.4 Å². The molecule has 66 valence electrons. The van der Waals surface area contributed by atoms with E-state index in [9.17, 15) is 13.2 Å². The highest BCUT2D eigenvalue weighted by molar-refractivity contribution is 5.25. The maximum absolute atomic E-state index is 12.7. The first kappa shape index (κ1) is 8.90. The number of halogens is 3. The fraction of sp³-hybridized carbons (Fsp3) is 0.250. The van der Waals surface area contributed by atoms with Gasteiger partial charge >= 0.3 is 0 Å². The largest absolute Gasteiger partial charge is 0.485 e. The molecular weight excluding hydrogens is 169 g/mol. The number of ether oxygens (including phenoxy) is 1. The molecule has 0 heterocycles. The number of hydrogen-bond acceptors (Lipinski definition) is 1. The van der Waals surface area contributed by atoms with Crippen LogP contribution in [0.1, 0.15) is 0 Å². The quantitative estimate of drug-likeness (QED) is 0.686. The fourth-order valence-electron chi connectivity index (χ4n) is 0.761. The molecule has 1 aromatic carbocycles. The van der Waals surface area contributed by atoms with Crippen LogP contribution in [0.15, 0.2) is 18.2 Å². The predicted octanol–water partition coefficient (Wildman–Crippen LogP) is 2.31. The second kappa shape index (κ2) is 3.99. The average Bonchev–Trinajstić information content (AvgIpc) is 2.04. The monoisotopic (exact) mass is 176 g/mol. The van der Waals surface area contributed by atoms with Crippen LogP contribution in [0.25, 0.3) is 0 Å². The molecule has 0 aromatic heterocycles. The molecule has 0 atom stereocenters. The van der Waals surface area contributed by atoms with Gasteiger partial charge in [0.1, 0.15) is 13.3 Å². The van der Waals surface area contributed by atoms with Crippen LogP contribution in [0.3, 0.4) is 0 Å². The van der Waals surface area contributed by atoms with E-state index in [-0.39, 0.29) is 6.61 Å². The van der Waals surface area contributed by atoms with Crippen LogP contribution in [-0.4, -0.2) is 13.3 Å². The van der Waals surface area contributed by atoms with E-state index in [0.717, 1.165) is 12.1 Å². The third kappa shape index (κ3) is 1.90. The van der Waals surface area contributed by atoms with Gasteiger partial charge in [0.05, 0.1) is 0 Å². The van der Waals surface area contributed by atoms with Crippen molar-refractivity contribution in [1.29, 1.82) is 0 Å².